The lowest BCUT2D eigenvalue weighted by atomic mass is 10.1. The number of hydrogen-bond acceptors (Lipinski definition) is 6. The molecule has 3 N–H and O–H groups in total. The maximum Gasteiger partial charge on any atom is 0.255 e. The Morgan fingerprint density at radius 3 is 2.61 bits per heavy atom. The highest BCUT2D eigenvalue weighted by Gasteiger charge is 2.16. The van der Waals surface area contributed by atoms with Gasteiger partial charge < -0.3 is 14.7 Å². The lowest BCUT2D eigenvalue weighted by Gasteiger charge is -2.07. The van der Waals surface area contributed by atoms with E-state index in [9.17, 15) is 4.79 Å². The quantitative estimate of drug-likeness (QED) is 0.265. The topological polar surface area (TPSA) is 125 Å². The first kappa shape index (κ1) is 21.7. The Morgan fingerprint density at radius 1 is 0.842 bits per heavy atom. The van der Waals surface area contributed by atoms with Crippen LogP contribution in [-0.2, 0) is 0 Å². The lowest BCUT2D eigenvalue weighted by molar-refractivity contribution is 0.102. The number of hydrogen-bond donors (Lipinski definition) is 3. The van der Waals surface area contributed by atoms with Crippen molar-refractivity contribution >= 4 is 33.4 Å². The zero-order valence-electron chi connectivity index (χ0n) is 19.8. The SMILES string of the molecule is O=C(Nc1cncc(-c2cc3c(-c4cc5c(-c6ccoc6)cncc5[nH]4)n[nH]c3cn2)c1)c1ccccc1. The van der Waals surface area contributed by atoms with E-state index < -0.39 is 0 Å². The molecule has 7 rings (SSSR count). The van der Waals surface area contributed by atoms with Gasteiger partial charge in [0.25, 0.3) is 5.91 Å². The third-order valence-electron chi connectivity index (χ3n) is 6.41. The van der Waals surface area contributed by atoms with Gasteiger partial charge in [0.15, 0.2) is 0 Å². The van der Waals surface area contributed by atoms with Crippen LogP contribution in [0.4, 0.5) is 5.69 Å². The van der Waals surface area contributed by atoms with Crippen molar-refractivity contribution in [3.63, 3.8) is 0 Å². The number of nitrogens with one attached hydrogen (secondary N) is 3. The molecule has 0 fully saturated rings. The van der Waals surface area contributed by atoms with E-state index in [1.54, 1.807) is 49.4 Å². The first-order valence-corrected chi connectivity index (χ1v) is 11.9. The van der Waals surface area contributed by atoms with Crippen molar-refractivity contribution in [3.8, 4) is 33.8 Å². The highest BCUT2D eigenvalue weighted by Crippen LogP contribution is 2.34. The van der Waals surface area contributed by atoms with Crippen molar-refractivity contribution in [2.45, 2.75) is 0 Å². The molecule has 0 radical (unpaired) electrons. The van der Waals surface area contributed by atoms with Crippen LogP contribution in [0.5, 0.6) is 0 Å². The number of aromatic nitrogens is 6. The molecule has 0 unspecified atom stereocenters. The normalized spacial score (nSPS) is 11.3. The van der Waals surface area contributed by atoms with Gasteiger partial charge in [0.2, 0.25) is 0 Å². The predicted molar refractivity (Wildman–Crippen MR) is 144 cm³/mol. The second-order valence-corrected chi connectivity index (χ2v) is 8.81. The van der Waals surface area contributed by atoms with Crippen molar-refractivity contribution in [2.24, 2.45) is 0 Å². The van der Waals surface area contributed by atoms with E-state index in [4.69, 9.17) is 4.42 Å². The number of aromatic amines is 2. The van der Waals surface area contributed by atoms with Crippen molar-refractivity contribution in [3.05, 3.63) is 104 Å². The van der Waals surface area contributed by atoms with Crippen LogP contribution >= 0.6 is 0 Å². The Labute approximate surface area is 215 Å². The van der Waals surface area contributed by atoms with Gasteiger partial charge in [-0.1, -0.05) is 18.2 Å². The van der Waals surface area contributed by atoms with Crippen molar-refractivity contribution < 1.29 is 9.21 Å². The standard InChI is InChI=1S/C29H19N7O2/c37-29(17-4-2-1-3-5-17)33-20-8-19(11-30-12-20)24-10-22-27(15-32-24)35-36-28(22)25-9-21-23(18-6-7-38-16-18)13-31-14-26(21)34-25/h1-16,34H,(H,33,37)(H,35,36). The Kier molecular flexibility index (Phi) is 5.04. The summed E-state index contributed by atoms with van der Waals surface area (Å²) in [7, 11) is 0. The maximum absolute atomic E-state index is 12.6. The largest absolute Gasteiger partial charge is 0.472 e. The monoisotopic (exact) mass is 497 g/mol. The Morgan fingerprint density at radius 2 is 1.74 bits per heavy atom. The molecule has 9 nitrogen and oxygen atoms in total. The molecule has 1 aromatic carbocycles. The molecule has 0 saturated heterocycles. The minimum atomic E-state index is -0.201. The highest BCUT2D eigenvalue weighted by atomic mass is 16.3. The molecule has 7 aromatic rings. The molecule has 0 saturated carbocycles. The maximum atomic E-state index is 12.6. The van der Waals surface area contributed by atoms with Crippen LogP contribution in [0, 0.1) is 0 Å². The van der Waals surface area contributed by atoms with E-state index in [0.717, 1.165) is 49.9 Å². The third-order valence-corrected chi connectivity index (χ3v) is 6.41. The van der Waals surface area contributed by atoms with Gasteiger partial charge in [-0.3, -0.25) is 24.8 Å². The zero-order valence-corrected chi connectivity index (χ0v) is 19.8. The van der Waals surface area contributed by atoms with E-state index in [-0.39, 0.29) is 5.91 Å². The minimum Gasteiger partial charge on any atom is -0.472 e. The fourth-order valence-electron chi connectivity index (χ4n) is 4.55. The number of fused-ring (bicyclic) bond motifs is 2. The van der Waals surface area contributed by atoms with Gasteiger partial charge in [0.1, 0.15) is 5.69 Å². The average Bonchev–Trinajstić information content (AvgIpc) is 3.73. The Bertz CT molecular complexity index is 1920. The number of carbonyl (C=O) groups excluding carboxylic acids is 1. The first-order valence-electron chi connectivity index (χ1n) is 11.9. The van der Waals surface area contributed by atoms with Crippen LogP contribution < -0.4 is 5.32 Å². The van der Waals surface area contributed by atoms with Gasteiger partial charge in [0, 0.05) is 45.4 Å². The van der Waals surface area contributed by atoms with Crippen LogP contribution in [0.3, 0.4) is 0 Å². The van der Waals surface area contributed by atoms with Crippen LogP contribution in [0.15, 0.2) is 103 Å². The molecule has 6 heterocycles. The van der Waals surface area contributed by atoms with Crippen LogP contribution in [0.1, 0.15) is 10.4 Å². The summed E-state index contributed by atoms with van der Waals surface area (Å²) >= 11 is 0. The molecule has 6 aromatic heterocycles. The smallest absolute Gasteiger partial charge is 0.255 e. The summed E-state index contributed by atoms with van der Waals surface area (Å²) in [5.74, 6) is -0.201. The molecule has 38 heavy (non-hydrogen) atoms. The van der Waals surface area contributed by atoms with Crippen molar-refractivity contribution in [1.29, 1.82) is 0 Å². The number of nitrogens with zero attached hydrogens (tertiary/aromatic N) is 4. The molecular weight excluding hydrogens is 478 g/mol. The van der Waals surface area contributed by atoms with Crippen molar-refractivity contribution in [2.75, 3.05) is 5.32 Å². The van der Waals surface area contributed by atoms with Crippen LogP contribution in [-0.4, -0.2) is 36.0 Å². The Balaban J connectivity index is 1.25. The van der Waals surface area contributed by atoms with Crippen LogP contribution in [0.25, 0.3) is 55.6 Å². The molecule has 0 bridgehead atoms. The van der Waals surface area contributed by atoms with E-state index in [1.165, 1.54) is 0 Å². The number of pyridine rings is 3. The van der Waals surface area contributed by atoms with Crippen LogP contribution in [0.2, 0.25) is 0 Å². The molecule has 0 spiro atoms. The summed E-state index contributed by atoms with van der Waals surface area (Å²) in [4.78, 5) is 29.3. The molecular formula is C29H19N7O2. The number of rotatable bonds is 5. The average molecular weight is 498 g/mol. The molecule has 0 aliphatic carbocycles. The molecule has 0 aliphatic heterocycles. The lowest BCUT2D eigenvalue weighted by Crippen LogP contribution is -2.11. The van der Waals surface area contributed by atoms with Gasteiger partial charge in [-0.15, -0.1) is 0 Å². The Hall–Kier alpha value is -5.57. The fourth-order valence-corrected chi connectivity index (χ4v) is 4.55. The molecule has 1 amide bonds. The second-order valence-electron chi connectivity index (χ2n) is 8.81. The number of amides is 1. The molecule has 0 aliphatic rings. The zero-order chi connectivity index (χ0) is 25.5. The number of anilines is 1. The van der Waals surface area contributed by atoms with Gasteiger partial charge >= 0.3 is 0 Å². The number of carbonyl (C=O) groups is 1. The summed E-state index contributed by atoms with van der Waals surface area (Å²) < 4.78 is 5.27. The number of H-pyrrole nitrogens is 2. The van der Waals surface area contributed by atoms with E-state index in [1.807, 2.05) is 42.6 Å². The summed E-state index contributed by atoms with van der Waals surface area (Å²) in [5, 5.41) is 12.5. The predicted octanol–water partition coefficient (Wildman–Crippen LogP) is 6.08. The minimum absolute atomic E-state index is 0.201. The second kappa shape index (κ2) is 8.82. The summed E-state index contributed by atoms with van der Waals surface area (Å²) in [6, 6.07) is 16.9. The van der Waals surface area contributed by atoms with E-state index >= 15 is 0 Å². The molecule has 182 valence electrons. The molecule has 0 atom stereocenters. The summed E-state index contributed by atoms with van der Waals surface area (Å²) in [6.45, 7) is 0. The number of furan rings is 1. The van der Waals surface area contributed by atoms with Crippen molar-refractivity contribution in [1.82, 2.24) is 30.1 Å². The summed E-state index contributed by atoms with van der Waals surface area (Å²) in [5.41, 5.74) is 7.88. The van der Waals surface area contributed by atoms with Gasteiger partial charge in [0.05, 0.1) is 59.2 Å². The van der Waals surface area contributed by atoms with Gasteiger partial charge in [-0.2, -0.15) is 5.10 Å². The van der Waals surface area contributed by atoms with Gasteiger partial charge in [-0.05, 0) is 36.4 Å². The highest BCUT2D eigenvalue weighted by molar-refractivity contribution is 6.04. The van der Waals surface area contributed by atoms with E-state index in [2.05, 4.69) is 41.5 Å². The fraction of sp³-hybridized carbons (Fsp3) is 0. The first-order chi connectivity index (χ1) is 18.7. The van der Waals surface area contributed by atoms with E-state index in [0.29, 0.717) is 16.9 Å². The third kappa shape index (κ3) is 3.79. The number of benzene rings is 1. The van der Waals surface area contributed by atoms with Gasteiger partial charge in [-0.25, -0.2) is 0 Å². The molecule has 9 heteroatoms. The summed E-state index contributed by atoms with van der Waals surface area (Å²) in [6.07, 6.45) is 12.1.